The van der Waals surface area contributed by atoms with Gasteiger partial charge in [0, 0.05) is 50.5 Å². The van der Waals surface area contributed by atoms with Crippen molar-refractivity contribution in [2.24, 2.45) is 5.41 Å². The molecule has 0 radical (unpaired) electrons. The zero-order valence-corrected chi connectivity index (χ0v) is 22.6. The van der Waals surface area contributed by atoms with Gasteiger partial charge in [0.25, 0.3) is 6.10 Å². The van der Waals surface area contributed by atoms with Crippen LogP contribution in [0.25, 0.3) is 0 Å². The molecule has 0 atom stereocenters. The quantitative estimate of drug-likeness (QED) is 0.381. The number of rotatable bonds is 4. The number of amides is 1. The van der Waals surface area contributed by atoms with Crippen LogP contribution in [0.15, 0.2) is 18.2 Å². The topological polar surface area (TPSA) is 45.2 Å². The van der Waals surface area contributed by atoms with E-state index in [0.29, 0.717) is 50.5 Å². The van der Waals surface area contributed by atoms with Gasteiger partial charge in [-0.05, 0) is 48.4 Å². The van der Waals surface area contributed by atoms with Crippen molar-refractivity contribution in [1.82, 2.24) is 9.80 Å². The summed E-state index contributed by atoms with van der Waals surface area (Å²) in [6.07, 6.45) is -21.1. The Morgan fingerprint density at radius 1 is 0.927 bits per heavy atom. The number of carbonyl (C=O) groups is 1. The average molecular weight is 606 g/mol. The van der Waals surface area contributed by atoms with Crippen molar-refractivity contribution >= 4 is 11.8 Å². The lowest BCUT2D eigenvalue weighted by Crippen LogP contribution is -2.54. The summed E-state index contributed by atoms with van der Waals surface area (Å²) >= 11 is 0. The smallest absolute Gasteiger partial charge is 0.426 e. The first-order valence-corrected chi connectivity index (χ1v) is 13.2. The summed E-state index contributed by atoms with van der Waals surface area (Å²) in [5.41, 5.74) is -0.813. The van der Waals surface area contributed by atoms with Gasteiger partial charge in [-0.3, -0.25) is 4.90 Å². The third kappa shape index (κ3) is 7.33. The normalized spacial score (nSPS) is 22.0. The second kappa shape index (κ2) is 11.0. The Hall–Kier alpha value is -2.42. The highest BCUT2D eigenvalue weighted by molar-refractivity contribution is 5.68. The molecule has 0 saturated carbocycles. The summed E-state index contributed by atoms with van der Waals surface area (Å²) in [5, 5.41) is 0. The minimum Gasteiger partial charge on any atom is -0.426 e. The zero-order valence-electron chi connectivity index (χ0n) is 22.6. The van der Waals surface area contributed by atoms with Crippen molar-refractivity contribution in [2.45, 2.75) is 69.8 Å². The third-order valence-corrected chi connectivity index (χ3v) is 7.92. The van der Waals surface area contributed by atoms with Crippen LogP contribution >= 0.6 is 0 Å². The second-order valence-corrected chi connectivity index (χ2v) is 11.7. The highest BCUT2D eigenvalue weighted by Gasteiger charge is 2.60. The third-order valence-electron chi connectivity index (χ3n) is 7.92. The summed E-state index contributed by atoms with van der Waals surface area (Å²) in [6.45, 7) is 5.97. The number of carbonyl (C=O) groups excluding carboxylic acids is 1. The van der Waals surface area contributed by atoms with Gasteiger partial charge in [-0.15, -0.1) is 0 Å². The van der Waals surface area contributed by atoms with E-state index in [0.717, 1.165) is 17.0 Å². The molecule has 3 heterocycles. The molecule has 3 fully saturated rings. The summed E-state index contributed by atoms with van der Waals surface area (Å²) in [7, 11) is 0. The largest absolute Gasteiger partial charge is 0.434 e. The molecule has 0 unspecified atom stereocenters. The molecule has 1 aromatic carbocycles. The fraction of sp³-hybridized carbons (Fsp3) is 0.731. The van der Waals surface area contributed by atoms with Gasteiger partial charge in [-0.25, -0.2) is 4.79 Å². The molecule has 3 saturated heterocycles. The molecule has 15 heteroatoms. The number of piperidine rings is 1. The molecule has 3 aliphatic heterocycles. The van der Waals surface area contributed by atoms with Crippen molar-refractivity contribution < 1.29 is 53.8 Å². The van der Waals surface area contributed by atoms with E-state index in [1.54, 1.807) is 6.07 Å². The first-order chi connectivity index (χ1) is 18.8. The van der Waals surface area contributed by atoms with E-state index < -0.39 is 41.8 Å². The van der Waals surface area contributed by atoms with Crippen LogP contribution in [0.4, 0.5) is 50.0 Å². The number of likely N-dealkylation sites (tertiary alicyclic amines) is 2. The molecule has 41 heavy (non-hydrogen) atoms. The van der Waals surface area contributed by atoms with Crippen LogP contribution in [-0.4, -0.2) is 85.8 Å². The van der Waals surface area contributed by atoms with Crippen molar-refractivity contribution in [3.05, 3.63) is 29.3 Å². The van der Waals surface area contributed by atoms with Crippen LogP contribution in [0.2, 0.25) is 0 Å². The Labute approximate surface area is 231 Å². The Kier molecular flexibility index (Phi) is 8.46. The summed E-state index contributed by atoms with van der Waals surface area (Å²) in [5.74, 6) is 0. The molecular formula is C26H32F9N3O3. The standard InChI is InChI=1S/C26H32F9N3O3/c1-22(2)15-23(3-5-37(6-4-23)21(39)41-20(25(30,31)32)26(33,34)35)38(16-22)14-17-11-18(24(27,28)29)13-19(12-17)36-7-9-40-10-8-36/h11-13,20H,3-10,14-16H2,1-2H3. The molecule has 6 nitrogen and oxygen atoms in total. The molecule has 0 aliphatic carbocycles. The molecule has 0 N–H and O–H groups in total. The lowest BCUT2D eigenvalue weighted by Gasteiger charge is -2.45. The maximum Gasteiger partial charge on any atom is 0.434 e. The molecule has 0 bridgehead atoms. The molecule has 232 valence electrons. The highest BCUT2D eigenvalue weighted by Crippen LogP contribution is 2.48. The molecule has 1 aromatic rings. The van der Waals surface area contributed by atoms with E-state index in [-0.39, 0.29) is 37.9 Å². The molecule has 4 rings (SSSR count). The number of alkyl halides is 9. The van der Waals surface area contributed by atoms with Crippen LogP contribution in [-0.2, 0) is 22.2 Å². The van der Waals surface area contributed by atoms with Gasteiger partial charge in [0.05, 0.1) is 18.8 Å². The van der Waals surface area contributed by atoms with Gasteiger partial charge in [-0.2, -0.15) is 39.5 Å². The van der Waals surface area contributed by atoms with Gasteiger partial charge in [-0.1, -0.05) is 13.8 Å². The van der Waals surface area contributed by atoms with Gasteiger partial charge < -0.3 is 19.3 Å². The number of hydrogen-bond acceptors (Lipinski definition) is 5. The molecule has 0 aromatic heterocycles. The number of ether oxygens (including phenoxy) is 2. The highest BCUT2D eigenvalue weighted by atomic mass is 19.4. The maximum absolute atomic E-state index is 13.8. The Bertz CT molecular complexity index is 1080. The molecule has 1 spiro atoms. The average Bonchev–Trinajstić information content (AvgIpc) is 3.09. The van der Waals surface area contributed by atoms with Crippen molar-refractivity contribution in [3.8, 4) is 0 Å². The number of anilines is 1. The first kappa shape index (κ1) is 31.5. The summed E-state index contributed by atoms with van der Waals surface area (Å²) in [4.78, 5) is 17.0. The van der Waals surface area contributed by atoms with Crippen LogP contribution in [0.3, 0.4) is 0 Å². The lowest BCUT2D eigenvalue weighted by molar-refractivity contribution is -0.308. The lowest BCUT2D eigenvalue weighted by atomic mass is 9.78. The van der Waals surface area contributed by atoms with Crippen molar-refractivity contribution in [3.63, 3.8) is 0 Å². The van der Waals surface area contributed by atoms with Crippen LogP contribution in [0.1, 0.15) is 44.2 Å². The maximum atomic E-state index is 13.8. The number of halogens is 9. The zero-order chi connectivity index (χ0) is 30.4. The van der Waals surface area contributed by atoms with E-state index in [2.05, 4.69) is 4.74 Å². The predicted molar refractivity (Wildman–Crippen MR) is 129 cm³/mol. The van der Waals surface area contributed by atoms with Crippen molar-refractivity contribution in [1.29, 1.82) is 0 Å². The fourth-order valence-corrected chi connectivity index (χ4v) is 6.21. The fourth-order valence-electron chi connectivity index (χ4n) is 6.21. The summed E-state index contributed by atoms with van der Waals surface area (Å²) in [6, 6.07) is 3.92. The minimum atomic E-state index is -5.82. The number of nitrogens with zero attached hydrogens (tertiary/aromatic N) is 3. The molecular weight excluding hydrogens is 573 g/mol. The van der Waals surface area contributed by atoms with E-state index in [4.69, 9.17) is 4.74 Å². The Balaban J connectivity index is 1.52. The van der Waals surface area contributed by atoms with Crippen LogP contribution < -0.4 is 4.90 Å². The van der Waals surface area contributed by atoms with Gasteiger partial charge in [0.2, 0.25) is 0 Å². The van der Waals surface area contributed by atoms with E-state index in [1.165, 1.54) is 0 Å². The minimum absolute atomic E-state index is 0.152. The van der Waals surface area contributed by atoms with E-state index >= 15 is 0 Å². The van der Waals surface area contributed by atoms with E-state index in [9.17, 15) is 44.3 Å². The van der Waals surface area contributed by atoms with Crippen molar-refractivity contribution in [2.75, 3.05) is 50.8 Å². The van der Waals surface area contributed by atoms with Gasteiger partial charge >= 0.3 is 24.6 Å². The van der Waals surface area contributed by atoms with E-state index in [1.807, 2.05) is 23.6 Å². The summed E-state index contributed by atoms with van der Waals surface area (Å²) < 4.78 is 128. The van der Waals surface area contributed by atoms with Gasteiger partial charge in [0.15, 0.2) is 0 Å². The molecule has 3 aliphatic rings. The number of hydrogen-bond donors (Lipinski definition) is 0. The monoisotopic (exact) mass is 605 g/mol. The van der Waals surface area contributed by atoms with Crippen LogP contribution in [0.5, 0.6) is 0 Å². The second-order valence-electron chi connectivity index (χ2n) is 11.7. The SMILES string of the molecule is CC1(C)CN(Cc2cc(N3CCOCC3)cc(C(F)(F)F)c2)C2(CCN(C(=O)OC(C(F)(F)F)C(F)(F)F)CC2)C1. The Morgan fingerprint density at radius 3 is 2.05 bits per heavy atom. The Morgan fingerprint density at radius 2 is 1.51 bits per heavy atom. The van der Waals surface area contributed by atoms with Gasteiger partial charge in [0.1, 0.15) is 0 Å². The number of morpholine rings is 1. The van der Waals surface area contributed by atoms with Crippen LogP contribution in [0, 0.1) is 5.41 Å². The number of benzene rings is 1. The first-order valence-electron chi connectivity index (χ1n) is 13.2. The molecule has 1 amide bonds. The predicted octanol–water partition coefficient (Wildman–Crippen LogP) is 6.24.